The van der Waals surface area contributed by atoms with E-state index >= 15 is 0 Å². The topological polar surface area (TPSA) is 59.0 Å². The summed E-state index contributed by atoms with van der Waals surface area (Å²) in [6, 6.07) is 12.1. The molecule has 0 spiro atoms. The Kier molecular flexibility index (Phi) is 5.79. The van der Waals surface area contributed by atoms with E-state index in [4.69, 9.17) is 9.47 Å². The van der Waals surface area contributed by atoms with Gasteiger partial charge in [0.1, 0.15) is 5.75 Å². The van der Waals surface area contributed by atoms with Crippen LogP contribution in [0.2, 0.25) is 0 Å². The summed E-state index contributed by atoms with van der Waals surface area (Å²) in [5, 5.41) is 12.1. The van der Waals surface area contributed by atoms with Crippen LogP contribution >= 0.6 is 0 Å². The fraction of sp³-hybridized carbons (Fsp3) is 0.476. The van der Waals surface area contributed by atoms with Crippen LogP contribution < -0.4 is 4.74 Å². The number of amides is 1. The van der Waals surface area contributed by atoms with Crippen LogP contribution in [0.1, 0.15) is 24.8 Å². The molecule has 1 N–H and O–H groups in total. The second kappa shape index (κ2) is 8.06. The normalized spacial score (nSPS) is 23.0. The lowest BCUT2D eigenvalue weighted by Gasteiger charge is -2.33. The van der Waals surface area contributed by atoms with E-state index in [0.717, 1.165) is 22.1 Å². The standard InChI is InChI=1S/C21H27NO4/c1-22(21(24)14-8-10-18(23)20(12-14)26-3)13-15-9-11-19(25-2)17-7-5-4-6-16(15)17/h4-7,9,11,14,18,20,23H,8,10,12-13H2,1-3H3/t14-,18+,20-/m1/s1. The van der Waals surface area contributed by atoms with Crippen LogP contribution in [0.15, 0.2) is 36.4 Å². The lowest BCUT2D eigenvalue weighted by Crippen LogP contribution is -2.41. The van der Waals surface area contributed by atoms with E-state index < -0.39 is 6.10 Å². The minimum Gasteiger partial charge on any atom is -0.496 e. The lowest BCUT2D eigenvalue weighted by molar-refractivity contribution is -0.140. The van der Waals surface area contributed by atoms with Crippen molar-refractivity contribution in [2.45, 2.75) is 38.0 Å². The number of carbonyl (C=O) groups excluding carboxylic acids is 1. The molecule has 0 aromatic heterocycles. The Bertz CT molecular complexity index is 776. The molecule has 1 aliphatic carbocycles. The fourth-order valence-electron chi connectivity index (χ4n) is 3.89. The van der Waals surface area contributed by atoms with Crippen LogP contribution in [0, 0.1) is 5.92 Å². The van der Waals surface area contributed by atoms with Crippen LogP contribution in [-0.4, -0.2) is 49.4 Å². The largest absolute Gasteiger partial charge is 0.496 e. The molecule has 140 valence electrons. The first-order chi connectivity index (χ1) is 12.5. The second-order valence-electron chi connectivity index (χ2n) is 7.02. The molecule has 2 aromatic carbocycles. The Hall–Kier alpha value is -2.11. The van der Waals surface area contributed by atoms with Gasteiger partial charge in [0.2, 0.25) is 5.91 Å². The maximum Gasteiger partial charge on any atom is 0.225 e. The third-order valence-electron chi connectivity index (χ3n) is 5.39. The number of methoxy groups -OCH3 is 2. The predicted molar refractivity (Wildman–Crippen MR) is 101 cm³/mol. The highest BCUT2D eigenvalue weighted by Gasteiger charge is 2.34. The zero-order valence-electron chi connectivity index (χ0n) is 15.6. The molecule has 3 atom stereocenters. The van der Waals surface area contributed by atoms with Crippen LogP contribution in [0.3, 0.4) is 0 Å². The molecular formula is C21H27NO4. The first kappa shape index (κ1) is 18.7. The van der Waals surface area contributed by atoms with Gasteiger partial charge in [0, 0.05) is 32.0 Å². The number of benzene rings is 2. The van der Waals surface area contributed by atoms with Gasteiger partial charge in [0.05, 0.1) is 19.3 Å². The van der Waals surface area contributed by atoms with Gasteiger partial charge in [0.25, 0.3) is 0 Å². The number of aliphatic hydroxyl groups is 1. The van der Waals surface area contributed by atoms with Crippen molar-refractivity contribution in [2.75, 3.05) is 21.3 Å². The van der Waals surface area contributed by atoms with E-state index in [1.54, 1.807) is 19.1 Å². The van der Waals surface area contributed by atoms with Crippen LogP contribution in [0.4, 0.5) is 0 Å². The molecule has 1 amide bonds. The van der Waals surface area contributed by atoms with Crippen molar-refractivity contribution in [1.82, 2.24) is 4.90 Å². The van der Waals surface area contributed by atoms with Gasteiger partial charge in [0.15, 0.2) is 0 Å². The minimum absolute atomic E-state index is 0.0992. The van der Waals surface area contributed by atoms with Gasteiger partial charge in [-0.3, -0.25) is 4.79 Å². The van der Waals surface area contributed by atoms with Crippen LogP contribution in [0.25, 0.3) is 10.8 Å². The number of hydrogen-bond donors (Lipinski definition) is 1. The van der Waals surface area contributed by atoms with Crippen molar-refractivity contribution in [3.63, 3.8) is 0 Å². The molecule has 5 nitrogen and oxygen atoms in total. The fourth-order valence-corrected chi connectivity index (χ4v) is 3.89. The molecule has 26 heavy (non-hydrogen) atoms. The average molecular weight is 357 g/mol. The Labute approximate surface area is 154 Å². The van der Waals surface area contributed by atoms with Crippen molar-refractivity contribution in [3.05, 3.63) is 42.0 Å². The highest BCUT2D eigenvalue weighted by Crippen LogP contribution is 2.31. The maximum absolute atomic E-state index is 12.9. The molecule has 1 aliphatic rings. The summed E-state index contributed by atoms with van der Waals surface area (Å²) in [4.78, 5) is 14.7. The predicted octanol–water partition coefficient (Wildman–Crippen LogP) is 2.98. The monoisotopic (exact) mass is 357 g/mol. The number of aliphatic hydroxyl groups excluding tert-OH is 1. The van der Waals surface area contributed by atoms with E-state index in [-0.39, 0.29) is 17.9 Å². The summed E-state index contributed by atoms with van der Waals surface area (Å²) in [5.41, 5.74) is 1.09. The molecule has 2 aromatic rings. The molecule has 0 aliphatic heterocycles. The Morgan fingerprint density at radius 2 is 1.88 bits per heavy atom. The Morgan fingerprint density at radius 3 is 2.58 bits per heavy atom. The molecule has 1 fully saturated rings. The molecule has 0 saturated heterocycles. The van der Waals surface area contributed by atoms with Crippen molar-refractivity contribution in [2.24, 2.45) is 5.92 Å². The summed E-state index contributed by atoms with van der Waals surface area (Å²) >= 11 is 0. The molecule has 1 saturated carbocycles. The zero-order chi connectivity index (χ0) is 18.7. The summed E-state index contributed by atoms with van der Waals surface area (Å²) in [6.07, 6.45) is 1.15. The molecule has 0 unspecified atom stereocenters. The smallest absolute Gasteiger partial charge is 0.225 e. The number of fused-ring (bicyclic) bond motifs is 1. The van der Waals surface area contributed by atoms with Gasteiger partial charge < -0.3 is 19.5 Å². The molecule has 0 radical (unpaired) electrons. The summed E-state index contributed by atoms with van der Waals surface area (Å²) in [6.45, 7) is 0.542. The quantitative estimate of drug-likeness (QED) is 0.894. The molecule has 0 bridgehead atoms. The first-order valence-corrected chi connectivity index (χ1v) is 9.05. The number of rotatable bonds is 5. The van der Waals surface area contributed by atoms with Crippen molar-refractivity contribution in [1.29, 1.82) is 0 Å². The molecule has 3 rings (SSSR count). The highest BCUT2D eigenvalue weighted by molar-refractivity contribution is 5.91. The maximum atomic E-state index is 12.9. The first-order valence-electron chi connectivity index (χ1n) is 9.05. The van der Waals surface area contributed by atoms with Crippen molar-refractivity contribution < 1.29 is 19.4 Å². The van der Waals surface area contributed by atoms with Crippen molar-refractivity contribution in [3.8, 4) is 5.75 Å². The number of hydrogen-bond acceptors (Lipinski definition) is 4. The van der Waals surface area contributed by atoms with Gasteiger partial charge in [-0.2, -0.15) is 0 Å². The van der Waals surface area contributed by atoms with E-state index in [1.165, 1.54) is 0 Å². The van der Waals surface area contributed by atoms with Gasteiger partial charge in [-0.1, -0.05) is 30.3 Å². The molecule has 0 heterocycles. The SMILES string of the molecule is COc1ccc(CN(C)C(=O)[C@@H]2CC[C@H](O)[C@H](OC)C2)c2ccccc12. The van der Waals surface area contributed by atoms with Crippen LogP contribution in [-0.2, 0) is 16.1 Å². The average Bonchev–Trinajstić information content (AvgIpc) is 2.68. The van der Waals surface area contributed by atoms with E-state index in [0.29, 0.717) is 25.8 Å². The highest BCUT2D eigenvalue weighted by atomic mass is 16.5. The third kappa shape index (κ3) is 3.69. The Morgan fingerprint density at radius 1 is 1.15 bits per heavy atom. The lowest BCUT2D eigenvalue weighted by atomic mass is 9.84. The van der Waals surface area contributed by atoms with Crippen LogP contribution in [0.5, 0.6) is 5.75 Å². The second-order valence-corrected chi connectivity index (χ2v) is 7.02. The van der Waals surface area contributed by atoms with Gasteiger partial charge >= 0.3 is 0 Å². The van der Waals surface area contributed by atoms with Gasteiger partial charge in [-0.25, -0.2) is 0 Å². The van der Waals surface area contributed by atoms with E-state index in [1.807, 2.05) is 37.4 Å². The van der Waals surface area contributed by atoms with E-state index in [9.17, 15) is 9.90 Å². The number of nitrogens with zero attached hydrogens (tertiary/aromatic N) is 1. The summed E-state index contributed by atoms with van der Waals surface area (Å²) < 4.78 is 10.8. The number of ether oxygens (including phenoxy) is 2. The van der Waals surface area contributed by atoms with E-state index in [2.05, 4.69) is 6.07 Å². The van der Waals surface area contributed by atoms with Gasteiger partial charge in [-0.05, 0) is 36.3 Å². The Balaban J connectivity index is 1.77. The van der Waals surface area contributed by atoms with Crippen molar-refractivity contribution >= 4 is 16.7 Å². The molecular weight excluding hydrogens is 330 g/mol. The molecule has 5 heteroatoms. The summed E-state index contributed by atoms with van der Waals surface area (Å²) in [5.74, 6) is 0.847. The number of carbonyl (C=O) groups is 1. The zero-order valence-corrected chi connectivity index (χ0v) is 15.6. The minimum atomic E-state index is -0.472. The summed E-state index contributed by atoms with van der Waals surface area (Å²) in [7, 11) is 5.10. The third-order valence-corrected chi connectivity index (χ3v) is 5.39. The van der Waals surface area contributed by atoms with Gasteiger partial charge in [-0.15, -0.1) is 0 Å².